The molecule has 0 amide bonds. The topological polar surface area (TPSA) is 42.4 Å². The maximum absolute atomic E-state index is 13.4. The fourth-order valence-electron chi connectivity index (χ4n) is 2.31. The van der Waals surface area contributed by atoms with Crippen LogP contribution in [0.15, 0.2) is 18.2 Å². The lowest BCUT2D eigenvalue weighted by Gasteiger charge is -2.14. The first kappa shape index (κ1) is 12.6. The van der Waals surface area contributed by atoms with Crippen LogP contribution in [0.2, 0.25) is 0 Å². The van der Waals surface area contributed by atoms with Crippen molar-refractivity contribution in [1.82, 2.24) is 4.98 Å². The molecule has 0 aliphatic heterocycles. The van der Waals surface area contributed by atoms with E-state index in [2.05, 4.69) is 4.98 Å². The third-order valence-electron chi connectivity index (χ3n) is 3.32. The Kier molecular flexibility index (Phi) is 3.24. The summed E-state index contributed by atoms with van der Waals surface area (Å²) in [6.45, 7) is 0. The summed E-state index contributed by atoms with van der Waals surface area (Å²) in [4.78, 5) is 5.51. The first-order valence-corrected chi connectivity index (χ1v) is 7.02. The molecule has 1 aliphatic rings. The van der Waals surface area contributed by atoms with Gasteiger partial charge in [0, 0.05) is 5.56 Å². The molecule has 2 aromatic rings. The largest absolute Gasteiger partial charge is 0.494 e. The maximum Gasteiger partial charge on any atom is 0.165 e. The summed E-state index contributed by atoms with van der Waals surface area (Å²) in [5.74, 6) is -0.168. The number of aromatic nitrogens is 1. The van der Waals surface area contributed by atoms with Gasteiger partial charge in [-0.3, -0.25) is 0 Å². The van der Waals surface area contributed by atoms with E-state index in [4.69, 9.17) is 4.74 Å². The van der Waals surface area contributed by atoms with Crippen molar-refractivity contribution < 1.29 is 14.2 Å². The molecule has 1 aliphatic carbocycles. The van der Waals surface area contributed by atoms with Gasteiger partial charge in [-0.15, -0.1) is 11.3 Å². The van der Waals surface area contributed by atoms with Crippen molar-refractivity contribution in [1.29, 1.82) is 0 Å². The Labute approximate surface area is 114 Å². The predicted molar refractivity (Wildman–Crippen MR) is 72.0 cm³/mol. The van der Waals surface area contributed by atoms with Gasteiger partial charge >= 0.3 is 0 Å². The number of rotatable bonds is 2. The van der Waals surface area contributed by atoms with Crippen LogP contribution < -0.4 is 4.74 Å². The lowest BCUT2D eigenvalue weighted by Crippen LogP contribution is -2.06. The van der Waals surface area contributed by atoms with E-state index in [9.17, 15) is 9.50 Å². The second-order valence-electron chi connectivity index (χ2n) is 4.59. The highest BCUT2D eigenvalue weighted by Gasteiger charge is 2.23. The minimum absolute atomic E-state index is 0.214. The van der Waals surface area contributed by atoms with Crippen molar-refractivity contribution in [3.05, 3.63) is 34.6 Å². The minimum atomic E-state index is -0.405. The number of nitrogens with zero attached hydrogens (tertiary/aromatic N) is 1. The van der Waals surface area contributed by atoms with E-state index in [1.807, 2.05) is 0 Å². The molecule has 3 rings (SSSR count). The molecular formula is C14H14FNO2S. The summed E-state index contributed by atoms with van der Waals surface area (Å²) in [6.07, 6.45) is 2.25. The minimum Gasteiger partial charge on any atom is -0.494 e. The quantitative estimate of drug-likeness (QED) is 0.917. The molecule has 1 aromatic heterocycles. The van der Waals surface area contributed by atoms with E-state index in [-0.39, 0.29) is 11.6 Å². The zero-order valence-electron chi connectivity index (χ0n) is 10.5. The molecule has 0 saturated heterocycles. The molecule has 3 nitrogen and oxygen atoms in total. The van der Waals surface area contributed by atoms with Crippen LogP contribution in [0.3, 0.4) is 0 Å². The molecule has 0 fully saturated rings. The summed E-state index contributed by atoms with van der Waals surface area (Å²) in [5.41, 5.74) is 1.80. The number of aliphatic hydroxyl groups is 1. The van der Waals surface area contributed by atoms with Crippen LogP contribution in [0.1, 0.15) is 29.5 Å². The van der Waals surface area contributed by atoms with Crippen molar-refractivity contribution in [3.63, 3.8) is 0 Å². The van der Waals surface area contributed by atoms with Gasteiger partial charge in [0.2, 0.25) is 0 Å². The molecule has 1 aromatic carbocycles. The van der Waals surface area contributed by atoms with Crippen molar-refractivity contribution in [2.45, 2.75) is 25.4 Å². The van der Waals surface area contributed by atoms with E-state index in [1.54, 1.807) is 12.1 Å². The van der Waals surface area contributed by atoms with Gasteiger partial charge in [0.25, 0.3) is 0 Å². The van der Waals surface area contributed by atoms with E-state index >= 15 is 0 Å². The molecule has 1 atom stereocenters. The lowest BCUT2D eigenvalue weighted by molar-refractivity contribution is 0.160. The number of aryl methyl sites for hydroxylation is 1. The summed E-state index contributed by atoms with van der Waals surface area (Å²) < 4.78 is 18.4. The van der Waals surface area contributed by atoms with E-state index in [0.717, 1.165) is 40.4 Å². The van der Waals surface area contributed by atoms with E-state index in [0.29, 0.717) is 0 Å². The molecule has 100 valence electrons. The van der Waals surface area contributed by atoms with Crippen LogP contribution >= 0.6 is 11.3 Å². The highest BCUT2D eigenvalue weighted by molar-refractivity contribution is 7.15. The number of ether oxygens (including phenoxy) is 1. The number of thiazole rings is 1. The Balaban J connectivity index is 2.03. The molecule has 5 heteroatoms. The first-order valence-electron chi connectivity index (χ1n) is 6.20. The molecule has 1 N–H and O–H groups in total. The van der Waals surface area contributed by atoms with Crippen molar-refractivity contribution in [2.75, 3.05) is 7.11 Å². The first-order chi connectivity index (χ1) is 9.19. The van der Waals surface area contributed by atoms with Gasteiger partial charge < -0.3 is 9.84 Å². The number of benzene rings is 1. The Bertz CT molecular complexity index is 611. The fourth-order valence-corrected chi connectivity index (χ4v) is 3.44. The number of halogens is 1. The molecule has 0 saturated carbocycles. The molecule has 0 spiro atoms. The SMILES string of the molecule is COc1cc(-c2nc3c(s2)C(O)CCC3)ccc1F. The van der Waals surface area contributed by atoms with E-state index in [1.165, 1.54) is 24.5 Å². The van der Waals surface area contributed by atoms with Crippen LogP contribution in [-0.4, -0.2) is 17.2 Å². The number of hydrogen-bond donors (Lipinski definition) is 1. The molecule has 1 heterocycles. The van der Waals surface area contributed by atoms with Crippen molar-refractivity contribution >= 4 is 11.3 Å². The maximum atomic E-state index is 13.4. The molecule has 1 unspecified atom stereocenters. The van der Waals surface area contributed by atoms with Gasteiger partial charge in [0.05, 0.1) is 23.8 Å². The standard InChI is InChI=1S/C14H14FNO2S/c1-18-12-7-8(5-6-9(12)15)14-16-10-3-2-4-11(17)13(10)19-14/h5-7,11,17H,2-4H2,1H3. The van der Waals surface area contributed by atoms with Crippen LogP contribution in [0, 0.1) is 5.82 Å². The summed E-state index contributed by atoms with van der Waals surface area (Å²) in [6, 6.07) is 4.71. The number of fused-ring (bicyclic) bond motifs is 1. The van der Waals surface area contributed by atoms with Gasteiger partial charge in [-0.2, -0.15) is 0 Å². The fraction of sp³-hybridized carbons (Fsp3) is 0.357. The average molecular weight is 279 g/mol. The van der Waals surface area contributed by atoms with Crippen LogP contribution in [-0.2, 0) is 6.42 Å². The van der Waals surface area contributed by atoms with Gasteiger partial charge in [0.1, 0.15) is 5.01 Å². The summed E-state index contributed by atoms with van der Waals surface area (Å²) in [5, 5.41) is 10.8. The Hall–Kier alpha value is -1.46. The number of hydrogen-bond acceptors (Lipinski definition) is 4. The van der Waals surface area contributed by atoms with Crippen LogP contribution in [0.4, 0.5) is 4.39 Å². The average Bonchev–Trinajstić information content (AvgIpc) is 2.85. The van der Waals surface area contributed by atoms with Gasteiger partial charge in [-0.05, 0) is 37.5 Å². The Morgan fingerprint density at radius 3 is 3.05 bits per heavy atom. The van der Waals surface area contributed by atoms with Gasteiger partial charge in [0.15, 0.2) is 11.6 Å². The van der Waals surface area contributed by atoms with Crippen LogP contribution in [0.5, 0.6) is 5.75 Å². The second kappa shape index (κ2) is 4.90. The summed E-state index contributed by atoms with van der Waals surface area (Å²) in [7, 11) is 1.44. The van der Waals surface area contributed by atoms with Gasteiger partial charge in [-0.25, -0.2) is 9.37 Å². The third-order valence-corrected chi connectivity index (χ3v) is 4.57. The zero-order valence-corrected chi connectivity index (χ0v) is 11.3. The lowest BCUT2D eigenvalue weighted by atomic mass is 10.0. The van der Waals surface area contributed by atoms with Crippen molar-refractivity contribution in [3.8, 4) is 16.3 Å². The van der Waals surface area contributed by atoms with Crippen LogP contribution in [0.25, 0.3) is 10.6 Å². The van der Waals surface area contributed by atoms with Crippen molar-refractivity contribution in [2.24, 2.45) is 0 Å². The third kappa shape index (κ3) is 2.24. The smallest absolute Gasteiger partial charge is 0.165 e. The van der Waals surface area contributed by atoms with E-state index < -0.39 is 6.10 Å². The molecule has 0 radical (unpaired) electrons. The molecular weight excluding hydrogens is 265 g/mol. The summed E-state index contributed by atoms with van der Waals surface area (Å²) >= 11 is 1.48. The highest BCUT2D eigenvalue weighted by atomic mass is 32.1. The Morgan fingerprint density at radius 2 is 2.32 bits per heavy atom. The second-order valence-corrected chi connectivity index (χ2v) is 5.62. The van der Waals surface area contributed by atoms with Gasteiger partial charge in [-0.1, -0.05) is 0 Å². The highest BCUT2D eigenvalue weighted by Crippen LogP contribution is 2.38. The number of aliphatic hydroxyl groups excluding tert-OH is 1. The molecule has 0 bridgehead atoms. The molecule has 19 heavy (non-hydrogen) atoms. The normalized spacial score (nSPS) is 18.2. The monoisotopic (exact) mass is 279 g/mol. The zero-order chi connectivity index (χ0) is 13.4. The number of methoxy groups -OCH3 is 1. The Morgan fingerprint density at radius 1 is 1.47 bits per heavy atom. The predicted octanol–water partition coefficient (Wildman–Crippen LogP) is 3.33.